The van der Waals surface area contributed by atoms with Crippen LogP contribution in [0.1, 0.15) is 123 Å². The van der Waals surface area contributed by atoms with E-state index in [2.05, 4.69) is 58.9 Å². The van der Waals surface area contributed by atoms with Gasteiger partial charge in [-0.3, -0.25) is 4.79 Å². The van der Waals surface area contributed by atoms with Crippen LogP contribution in [0.2, 0.25) is 0 Å². The van der Waals surface area contributed by atoms with Gasteiger partial charge >= 0.3 is 5.97 Å². The van der Waals surface area contributed by atoms with E-state index in [9.17, 15) is 15.0 Å². The maximum atomic E-state index is 12.7. The van der Waals surface area contributed by atoms with Crippen molar-refractivity contribution in [3.05, 3.63) is 35.4 Å². The van der Waals surface area contributed by atoms with Crippen molar-refractivity contribution in [1.29, 1.82) is 0 Å². The monoisotopic (exact) mass is 646 g/mol. The maximum Gasteiger partial charge on any atom is 0.309 e. The average Bonchev–Trinajstić information content (AvgIpc) is 3.14. The number of hydrogen-bond acceptors (Lipinski definition) is 4. The zero-order chi connectivity index (χ0) is 33.4. The van der Waals surface area contributed by atoms with Crippen molar-refractivity contribution < 1.29 is 24.5 Å². The molecule has 2 N–H and O–H groups in total. The molecule has 0 amide bonds. The van der Waals surface area contributed by atoms with Crippen molar-refractivity contribution in [1.82, 2.24) is 0 Å². The molecule has 7 fully saturated rings. The number of carboxylic acid groups (broad SMARTS) is 1. The van der Waals surface area contributed by atoms with Crippen LogP contribution in [-0.4, -0.2) is 41.8 Å². The Kier molecular flexibility index (Phi) is 7.19. The zero-order valence-corrected chi connectivity index (χ0v) is 30.4. The van der Waals surface area contributed by atoms with E-state index in [1.807, 2.05) is 6.92 Å². The van der Waals surface area contributed by atoms with Crippen LogP contribution >= 0.6 is 0 Å². The van der Waals surface area contributed by atoms with E-state index < -0.39 is 17.2 Å². The molecule has 8 rings (SSSR count). The highest BCUT2D eigenvalue weighted by Gasteiger charge is 2.80. The Morgan fingerprint density at radius 2 is 1.57 bits per heavy atom. The minimum absolute atomic E-state index is 0.0175. The molecule has 6 aliphatic carbocycles. The van der Waals surface area contributed by atoms with Gasteiger partial charge in [0.05, 0.1) is 18.1 Å². The summed E-state index contributed by atoms with van der Waals surface area (Å²) in [6.45, 7) is 15.7. The third-order valence-corrected chi connectivity index (χ3v) is 18.1. The molecule has 5 nitrogen and oxygen atoms in total. The van der Waals surface area contributed by atoms with Gasteiger partial charge in [0.25, 0.3) is 0 Å². The molecule has 260 valence electrons. The summed E-state index contributed by atoms with van der Waals surface area (Å²) in [6.07, 6.45) is 13.8. The number of methoxy groups -OCH3 is 1. The van der Waals surface area contributed by atoms with Crippen molar-refractivity contribution in [2.45, 2.75) is 137 Å². The van der Waals surface area contributed by atoms with Crippen molar-refractivity contribution in [3.63, 3.8) is 0 Å². The van der Waals surface area contributed by atoms with Crippen LogP contribution in [0.3, 0.4) is 0 Å². The maximum absolute atomic E-state index is 12.7. The number of hydrogen-bond donors (Lipinski definition) is 2. The molecule has 1 heterocycles. The fraction of sp³-hybridized carbons (Fsp3) is 0.833. The van der Waals surface area contributed by atoms with Gasteiger partial charge in [-0.2, -0.15) is 0 Å². The van der Waals surface area contributed by atoms with Crippen molar-refractivity contribution in [3.8, 4) is 0 Å². The Balaban J connectivity index is 1.17. The molecular weight excluding hydrogens is 584 g/mol. The number of rotatable bonds is 6. The van der Waals surface area contributed by atoms with Gasteiger partial charge in [0.2, 0.25) is 0 Å². The van der Waals surface area contributed by atoms with Crippen molar-refractivity contribution in [2.24, 2.45) is 68.0 Å². The van der Waals surface area contributed by atoms with Gasteiger partial charge in [0.15, 0.2) is 5.79 Å². The quantitative estimate of drug-likeness (QED) is 0.323. The van der Waals surface area contributed by atoms with Gasteiger partial charge in [0, 0.05) is 24.9 Å². The molecule has 5 heteroatoms. The van der Waals surface area contributed by atoms with E-state index in [-0.39, 0.29) is 39.1 Å². The van der Waals surface area contributed by atoms with Gasteiger partial charge in [-0.25, -0.2) is 0 Å². The summed E-state index contributed by atoms with van der Waals surface area (Å²) >= 11 is 0. The average molecular weight is 647 g/mol. The molecule has 1 aromatic carbocycles. The largest absolute Gasteiger partial charge is 0.481 e. The van der Waals surface area contributed by atoms with Crippen LogP contribution in [0, 0.1) is 68.0 Å². The van der Waals surface area contributed by atoms with Crippen LogP contribution < -0.4 is 0 Å². The number of fused-ring (bicyclic) bond motifs is 5. The molecule has 6 saturated carbocycles. The predicted molar refractivity (Wildman–Crippen MR) is 184 cm³/mol. The lowest BCUT2D eigenvalue weighted by molar-refractivity contribution is -0.309. The van der Waals surface area contributed by atoms with Gasteiger partial charge in [-0.1, -0.05) is 58.9 Å². The molecule has 14 atom stereocenters. The summed E-state index contributed by atoms with van der Waals surface area (Å²) < 4.78 is 12.3. The highest BCUT2D eigenvalue weighted by atomic mass is 16.6. The zero-order valence-electron chi connectivity index (χ0n) is 30.4. The molecule has 14 unspecified atom stereocenters. The molecule has 0 aromatic heterocycles. The highest BCUT2D eigenvalue weighted by molar-refractivity contribution is 5.74. The second-order valence-electron chi connectivity index (χ2n) is 19.5. The van der Waals surface area contributed by atoms with Crippen LogP contribution in [0.15, 0.2) is 24.3 Å². The molecule has 0 radical (unpaired) electrons. The smallest absolute Gasteiger partial charge is 0.309 e. The Hall–Kier alpha value is -1.43. The number of benzene rings is 1. The lowest BCUT2D eigenvalue weighted by Crippen LogP contribution is -2.73. The topological polar surface area (TPSA) is 76.0 Å². The van der Waals surface area contributed by atoms with Crippen LogP contribution in [0.25, 0.3) is 0 Å². The minimum Gasteiger partial charge on any atom is -0.481 e. The van der Waals surface area contributed by atoms with E-state index in [0.29, 0.717) is 29.6 Å². The lowest BCUT2D eigenvalue weighted by atomic mass is 9.26. The fourth-order valence-corrected chi connectivity index (χ4v) is 15.4. The number of aliphatic hydroxyl groups is 1. The number of carboxylic acids is 1. The summed E-state index contributed by atoms with van der Waals surface area (Å²) in [5.74, 6) is 1.30. The summed E-state index contributed by atoms with van der Waals surface area (Å²) in [6, 6.07) is 9.08. The van der Waals surface area contributed by atoms with Gasteiger partial charge in [-0.15, -0.1) is 0 Å². The molecular formula is C42H62O5. The summed E-state index contributed by atoms with van der Waals surface area (Å²) in [5.41, 5.74) is 2.77. The Morgan fingerprint density at radius 1 is 0.872 bits per heavy atom. The first kappa shape index (κ1) is 32.8. The lowest BCUT2D eigenvalue weighted by Gasteiger charge is -2.78. The van der Waals surface area contributed by atoms with E-state index >= 15 is 0 Å². The van der Waals surface area contributed by atoms with E-state index in [1.165, 1.54) is 49.7 Å². The standard InChI is InChI=1S/C42H62O5/c1-26-41-16-14-31-38(4)20-19-36(2)17-18-37(3,35(43)44)25-32(36)39(38,5)24-30-13-12-29(34(41)40(30,31)6)23-42(26,45)47-33(41)22-28-10-8-27(9-11-28)15-21-46-7/h8-11,26,29-34,45H,12-25H2,1-7H3,(H,43,44). The molecule has 1 saturated heterocycles. The summed E-state index contributed by atoms with van der Waals surface area (Å²) in [7, 11) is 1.76. The third-order valence-electron chi connectivity index (χ3n) is 18.1. The Bertz CT molecular complexity index is 1420. The molecule has 2 bridgehead atoms. The van der Waals surface area contributed by atoms with Gasteiger partial charge in [0.1, 0.15) is 0 Å². The molecule has 1 aromatic rings. The Labute approximate surface area is 284 Å². The first-order chi connectivity index (χ1) is 22.1. The third kappa shape index (κ3) is 4.09. The first-order valence-corrected chi connectivity index (χ1v) is 19.3. The molecule has 47 heavy (non-hydrogen) atoms. The van der Waals surface area contributed by atoms with E-state index in [1.54, 1.807) is 7.11 Å². The summed E-state index contributed by atoms with van der Waals surface area (Å²) in [5, 5.41) is 22.7. The van der Waals surface area contributed by atoms with Crippen molar-refractivity contribution in [2.75, 3.05) is 13.7 Å². The second kappa shape index (κ2) is 10.3. The van der Waals surface area contributed by atoms with Gasteiger partial charge in [-0.05, 0) is 146 Å². The van der Waals surface area contributed by atoms with Crippen LogP contribution in [-0.2, 0) is 27.1 Å². The van der Waals surface area contributed by atoms with Gasteiger partial charge < -0.3 is 19.7 Å². The second-order valence-corrected chi connectivity index (χ2v) is 19.5. The Morgan fingerprint density at radius 3 is 2.28 bits per heavy atom. The molecule has 1 aliphatic heterocycles. The highest BCUT2D eigenvalue weighted by Crippen LogP contribution is 2.83. The number of ether oxygens (including phenoxy) is 2. The van der Waals surface area contributed by atoms with Crippen molar-refractivity contribution >= 4 is 5.97 Å². The van der Waals surface area contributed by atoms with E-state index in [0.717, 1.165) is 51.6 Å². The van der Waals surface area contributed by atoms with E-state index in [4.69, 9.17) is 9.47 Å². The fourth-order valence-electron chi connectivity index (χ4n) is 15.4. The molecule has 7 aliphatic rings. The number of carbonyl (C=O) groups is 1. The predicted octanol–water partition coefficient (Wildman–Crippen LogP) is 8.70. The SMILES string of the molecule is COCCc1ccc(CC2OC3(O)CC4CCC5CC6(C)C7CC(C)(C(=O)O)CCC7(C)CCC6(C)C6CCC2(C3C)C4C56C)cc1. The number of aliphatic carboxylic acids is 1. The first-order valence-electron chi connectivity index (χ1n) is 19.3. The molecule has 1 spiro atoms. The minimum atomic E-state index is -1.02. The summed E-state index contributed by atoms with van der Waals surface area (Å²) in [4.78, 5) is 12.7. The van der Waals surface area contributed by atoms with Crippen LogP contribution in [0.5, 0.6) is 0 Å². The normalized spacial score (nSPS) is 54.3. The van der Waals surface area contributed by atoms with Crippen LogP contribution in [0.4, 0.5) is 0 Å².